The molecule has 4 heteroatoms. The molecule has 0 spiro atoms. The number of hydrogen-bond acceptors (Lipinski definition) is 3. The summed E-state index contributed by atoms with van der Waals surface area (Å²) in [5.41, 5.74) is 11.3. The molecule has 0 fully saturated rings. The van der Waals surface area contributed by atoms with Crippen LogP contribution in [0.15, 0.2) is 156 Å². The van der Waals surface area contributed by atoms with Crippen LogP contribution in [-0.4, -0.2) is 4.57 Å². The fraction of sp³-hybridized carbons (Fsp3) is 0. The molecule has 0 bridgehead atoms. The zero-order valence-electron chi connectivity index (χ0n) is 25.7. The Balaban J connectivity index is 1.46. The number of hydrogen-bond donors (Lipinski definition) is 0. The molecule has 0 N–H and O–H groups in total. The average Bonchev–Trinajstić information content (AvgIpc) is 3.70. The van der Waals surface area contributed by atoms with E-state index in [0.717, 1.165) is 66.5 Å². The third kappa shape index (κ3) is 4.29. The topological polar surface area (TPSA) is 65.7 Å². The molecule has 0 unspecified atom stereocenters. The molecule has 2 heterocycles. The SMILES string of the molecule is N#Cc1cc(C#N)cc(-c2cc(-c3ccccc3)cc3c2oc2c(-n4c5ccccc5c5ccccc54)cc(-c4ccccc4)cc23)c1. The molecule has 222 valence electrons. The van der Waals surface area contributed by atoms with Gasteiger partial charge in [-0.2, -0.15) is 10.5 Å². The minimum atomic E-state index is 0.427. The summed E-state index contributed by atoms with van der Waals surface area (Å²) in [6.07, 6.45) is 0. The molecule has 9 rings (SSSR count). The van der Waals surface area contributed by atoms with Gasteiger partial charge in [0.25, 0.3) is 0 Å². The van der Waals surface area contributed by atoms with E-state index < -0.39 is 0 Å². The van der Waals surface area contributed by atoms with Crippen LogP contribution in [0.4, 0.5) is 0 Å². The Morgan fingerprint density at radius 2 is 0.917 bits per heavy atom. The first kappa shape index (κ1) is 27.4. The van der Waals surface area contributed by atoms with Gasteiger partial charge >= 0.3 is 0 Å². The second-order valence-electron chi connectivity index (χ2n) is 12.0. The molecular formula is C44H25N3O. The molecule has 0 aliphatic carbocycles. The Morgan fingerprint density at radius 3 is 1.48 bits per heavy atom. The van der Waals surface area contributed by atoms with Gasteiger partial charge in [-0.25, -0.2) is 0 Å². The van der Waals surface area contributed by atoms with Gasteiger partial charge in [-0.3, -0.25) is 0 Å². The summed E-state index contributed by atoms with van der Waals surface area (Å²) in [4.78, 5) is 0. The van der Waals surface area contributed by atoms with Crippen LogP contribution >= 0.6 is 0 Å². The zero-order valence-corrected chi connectivity index (χ0v) is 25.7. The Morgan fingerprint density at radius 1 is 0.417 bits per heavy atom. The summed E-state index contributed by atoms with van der Waals surface area (Å²) in [7, 11) is 0. The number of benzene rings is 7. The first-order valence-corrected chi connectivity index (χ1v) is 15.8. The number of furan rings is 1. The highest BCUT2D eigenvalue weighted by atomic mass is 16.3. The highest BCUT2D eigenvalue weighted by Gasteiger charge is 2.22. The summed E-state index contributed by atoms with van der Waals surface area (Å²) in [5, 5.41) is 24.0. The standard InChI is InChI=1S/C44H25N3O/c45-26-28-19-29(27-46)21-34(20-28)37-22-32(30-11-3-1-4-12-30)23-38-39-24-33(31-13-5-2-6-14-31)25-42(44(39)48-43(37)38)47-40-17-9-7-15-35(40)36-16-8-10-18-41(36)47/h1-25H. The Hall–Kier alpha value is -6.88. The molecule has 9 aromatic rings. The van der Waals surface area contributed by atoms with Gasteiger partial charge in [0.05, 0.1) is 40.0 Å². The summed E-state index contributed by atoms with van der Waals surface area (Å²) >= 11 is 0. The Labute approximate surface area is 276 Å². The monoisotopic (exact) mass is 611 g/mol. The van der Waals surface area contributed by atoms with E-state index in [0.29, 0.717) is 16.7 Å². The van der Waals surface area contributed by atoms with Crippen molar-refractivity contribution >= 4 is 43.7 Å². The van der Waals surface area contributed by atoms with Crippen molar-refractivity contribution in [3.63, 3.8) is 0 Å². The molecule has 48 heavy (non-hydrogen) atoms. The van der Waals surface area contributed by atoms with Gasteiger partial charge in [0, 0.05) is 27.1 Å². The van der Waals surface area contributed by atoms with Crippen molar-refractivity contribution in [1.82, 2.24) is 4.57 Å². The maximum absolute atomic E-state index is 9.86. The van der Waals surface area contributed by atoms with Crippen molar-refractivity contribution in [1.29, 1.82) is 10.5 Å². The van der Waals surface area contributed by atoms with Crippen LogP contribution in [0.2, 0.25) is 0 Å². The van der Waals surface area contributed by atoms with E-state index in [2.05, 4.69) is 126 Å². The average molecular weight is 612 g/mol. The maximum atomic E-state index is 9.86. The molecule has 2 aromatic heterocycles. The van der Waals surface area contributed by atoms with E-state index in [1.54, 1.807) is 6.07 Å². The molecule has 0 atom stereocenters. The summed E-state index contributed by atoms with van der Waals surface area (Å²) in [6.45, 7) is 0. The van der Waals surface area contributed by atoms with Crippen LogP contribution in [-0.2, 0) is 0 Å². The van der Waals surface area contributed by atoms with Gasteiger partial charge in [0.15, 0.2) is 5.58 Å². The summed E-state index contributed by atoms with van der Waals surface area (Å²) < 4.78 is 9.34. The summed E-state index contributed by atoms with van der Waals surface area (Å²) in [5.74, 6) is 0. The second-order valence-corrected chi connectivity index (χ2v) is 12.0. The third-order valence-corrected chi connectivity index (χ3v) is 9.19. The number of nitriles is 2. The van der Waals surface area contributed by atoms with E-state index in [-0.39, 0.29) is 0 Å². The predicted molar refractivity (Wildman–Crippen MR) is 194 cm³/mol. The minimum absolute atomic E-state index is 0.427. The van der Waals surface area contributed by atoms with E-state index in [1.807, 2.05) is 36.4 Å². The lowest BCUT2D eigenvalue weighted by molar-refractivity contribution is 0.667. The fourth-order valence-corrected chi connectivity index (χ4v) is 7.03. The number of nitrogens with zero attached hydrogens (tertiary/aromatic N) is 3. The number of aromatic nitrogens is 1. The lowest BCUT2D eigenvalue weighted by Crippen LogP contribution is -1.95. The number of rotatable bonds is 4. The highest BCUT2D eigenvalue weighted by molar-refractivity contribution is 6.16. The molecular weight excluding hydrogens is 587 g/mol. The van der Waals surface area contributed by atoms with Gasteiger partial charge in [0.2, 0.25) is 0 Å². The van der Waals surface area contributed by atoms with Gasteiger partial charge in [0.1, 0.15) is 5.58 Å². The molecule has 0 radical (unpaired) electrons. The van der Waals surface area contributed by atoms with Crippen LogP contribution in [0, 0.1) is 22.7 Å². The molecule has 0 aliphatic rings. The van der Waals surface area contributed by atoms with Gasteiger partial charge < -0.3 is 8.98 Å². The van der Waals surface area contributed by atoms with Gasteiger partial charge in [-0.1, -0.05) is 97.1 Å². The molecule has 7 aromatic carbocycles. The smallest absolute Gasteiger partial charge is 0.159 e. The van der Waals surface area contributed by atoms with E-state index in [4.69, 9.17) is 4.42 Å². The Bertz CT molecular complexity index is 2710. The van der Waals surface area contributed by atoms with Gasteiger partial charge in [-0.05, 0) is 82.4 Å². The van der Waals surface area contributed by atoms with Crippen molar-refractivity contribution < 1.29 is 4.42 Å². The van der Waals surface area contributed by atoms with E-state index in [9.17, 15) is 10.5 Å². The van der Waals surface area contributed by atoms with E-state index in [1.165, 1.54) is 10.8 Å². The lowest BCUT2D eigenvalue weighted by Gasteiger charge is -2.11. The highest BCUT2D eigenvalue weighted by Crippen LogP contribution is 2.44. The van der Waals surface area contributed by atoms with E-state index >= 15 is 0 Å². The molecule has 0 saturated heterocycles. The number of fused-ring (bicyclic) bond motifs is 6. The molecule has 0 aliphatic heterocycles. The molecule has 0 amide bonds. The van der Waals surface area contributed by atoms with Crippen LogP contribution in [0.3, 0.4) is 0 Å². The normalized spacial score (nSPS) is 11.3. The third-order valence-electron chi connectivity index (χ3n) is 9.19. The summed E-state index contributed by atoms with van der Waals surface area (Å²) in [6, 6.07) is 56.2. The van der Waals surface area contributed by atoms with Crippen molar-refractivity contribution in [3.05, 3.63) is 163 Å². The largest absolute Gasteiger partial charge is 0.453 e. The maximum Gasteiger partial charge on any atom is 0.159 e. The van der Waals surface area contributed by atoms with Crippen LogP contribution < -0.4 is 0 Å². The van der Waals surface area contributed by atoms with Crippen LogP contribution in [0.1, 0.15) is 11.1 Å². The first-order valence-electron chi connectivity index (χ1n) is 15.8. The zero-order chi connectivity index (χ0) is 32.2. The quantitative estimate of drug-likeness (QED) is 0.199. The minimum Gasteiger partial charge on any atom is -0.453 e. The number of para-hydroxylation sites is 2. The predicted octanol–water partition coefficient (Wildman–Crippen LogP) is 11.4. The molecule has 0 saturated carbocycles. The first-order chi connectivity index (χ1) is 23.7. The van der Waals surface area contributed by atoms with Crippen LogP contribution in [0.25, 0.3) is 82.8 Å². The Kier molecular flexibility index (Phi) is 6.22. The van der Waals surface area contributed by atoms with Crippen molar-refractivity contribution in [3.8, 4) is 51.2 Å². The molecule has 4 nitrogen and oxygen atoms in total. The second kappa shape index (κ2) is 10.9. The van der Waals surface area contributed by atoms with Crippen molar-refractivity contribution in [2.75, 3.05) is 0 Å². The van der Waals surface area contributed by atoms with Gasteiger partial charge in [-0.15, -0.1) is 0 Å². The fourth-order valence-electron chi connectivity index (χ4n) is 7.03. The van der Waals surface area contributed by atoms with Crippen molar-refractivity contribution in [2.45, 2.75) is 0 Å². The van der Waals surface area contributed by atoms with Crippen LogP contribution in [0.5, 0.6) is 0 Å². The van der Waals surface area contributed by atoms with Crippen molar-refractivity contribution in [2.24, 2.45) is 0 Å². The lowest BCUT2D eigenvalue weighted by atomic mass is 9.93.